The zero-order chi connectivity index (χ0) is 20.4. The largest absolute Gasteiger partial charge is 0.497 e. The molecule has 1 heterocycles. The predicted molar refractivity (Wildman–Crippen MR) is 115 cm³/mol. The molecule has 1 atom stereocenters. The smallest absolute Gasteiger partial charge is 0.264 e. The van der Waals surface area contributed by atoms with Crippen LogP contribution < -0.4 is 4.74 Å². The molecule has 0 saturated heterocycles. The summed E-state index contributed by atoms with van der Waals surface area (Å²) in [5.74, 6) is 0.730. The molecule has 4 nitrogen and oxygen atoms in total. The molecule has 0 aromatic heterocycles. The van der Waals surface area contributed by atoms with Gasteiger partial charge in [0.2, 0.25) is 0 Å². The summed E-state index contributed by atoms with van der Waals surface area (Å²) in [6.45, 7) is 2.32. The summed E-state index contributed by atoms with van der Waals surface area (Å²) < 4.78 is 33.8. The van der Waals surface area contributed by atoms with Crippen LogP contribution in [0.1, 0.15) is 22.6 Å². The topological polar surface area (TPSA) is 46.6 Å². The van der Waals surface area contributed by atoms with Crippen molar-refractivity contribution in [3.8, 4) is 5.75 Å². The molecule has 29 heavy (non-hydrogen) atoms. The quantitative estimate of drug-likeness (QED) is 0.611. The van der Waals surface area contributed by atoms with Crippen LogP contribution in [-0.4, -0.2) is 26.4 Å². The van der Waals surface area contributed by atoms with Crippen molar-refractivity contribution in [3.05, 3.63) is 102 Å². The summed E-state index contributed by atoms with van der Waals surface area (Å²) in [6, 6.07) is 24.5. The highest BCUT2D eigenvalue weighted by molar-refractivity contribution is 7.89. The van der Waals surface area contributed by atoms with Crippen molar-refractivity contribution >= 4 is 15.7 Å². The monoisotopic (exact) mass is 405 g/mol. The van der Waals surface area contributed by atoms with Crippen LogP contribution in [0.4, 0.5) is 0 Å². The SMILES string of the molecule is COc1ccc(C2=CC(c3ccccc3)CN2S(=O)(=O)c2ccc(C)cc2)cc1. The van der Waals surface area contributed by atoms with Crippen molar-refractivity contribution in [1.29, 1.82) is 0 Å². The van der Waals surface area contributed by atoms with E-state index in [9.17, 15) is 8.42 Å². The van der Waals surface area contributed by atoms with Gasteiger partial charge in [-0.1, -0.05) is 54.1 Å². The third kappa shape index (κ3) is 3.78. The lowest BCUT2D eigenvalue weighted by Gasteiger charge is -2.23. The van der Waals surface area contributed by atoms with E-state index in [-0.39, 0.29) is 5.92 Å². The molecule has 0 amide bonds. The number of rotatable bonds is 5. The summed E-state index contributed by atoms with van der Waals surface area (Å²) in [5.41, 5.74) is 3.67. The van der Waals surface area contributed by atoms with E-state index in [1.165, 1.54) is 4.31 Å². The van der Waals surface area contributed by atoms with Crippen molar-refractivity contribution in [1.82, 2.24) is 4.31 Å². The van der Waals surface area contributed by atoms with Crippen molar-refractivity contribution in [2.75, 3.05) is 13.7 Å². The van der Waals surface area contributed by atoms with Crippen LogP contribution in [-0.2, 0) is 10.0 Å². The van der Waals surface area contributed by atoms with Crippen LogP contribution in [0, 0.1) is 6.92 Å². The first kappa shape index (κ1) is 19.3. The zero-order valence-electron chi connectivity index (χ0n) is 16.4. The lowest BCUT2D eigenvalue weighted by Crippen LogP contribution is -2.29. The molecule has 0 fully saturated rings. The third-order valence-electron chi connectivity index (χ3n) is 5.21. The van der Waals surface area contributed by atoms with Crippen LogP contribution in [0.2, 0.25) is 0 Å². The Kier molecular flexibility index (Phi) is 5.16. The van der Waals surface area contributed by atoms with Gasteiger partial charge >= 0.3 is 0 Å². The first-order valence-corrected chi connectivity index (χ1v) is 10.9. The van der Waals surface area contributed by atoms with Gasteiger partial charge in [0, 0.05) is 12.5 Å². The van der Waals surface area contributed by atoms with Gasteiger partial charge in [-0.3, -0.25) is 4.31 Å². The number of ether oxygens (including phenoxy) is 1. The second kappa shape index (κ2) is 7.76. The maximum Gasteiger partial charge on any atom is 0.264 e. The zero-order valence-corrected chi connectivity index (χ0v) is 17.3. The highest BCUT2D eigenvalue weighted by atomic mass is 32.2. The molecule has 5 heteroatoms. The fourth-order valence-electron chi connectivity index (χ4n) is 3.57. The van der Waals surface area contributed by atoms with Gasteiger partial charge in [-0.25, -0.2) is 8.42 Å². The van der Waals surface area contributed by atoms with Crippen LogP contribution in [0.25, 0.3) is 5.70 Å². The Morgan fingerprint density at radius 3 is 2.17 bits per heavy atom. The fraction of sp³-hybridized carbons (Fsp3) is 0.167. The normalized spacial score (nSPS) is 16.6. The minimum atomic E-state index is -3.68. The second-order valence-corrected chi connectivity index (χ2v) is 9.01. The fourth-order valence-corrected chi connectivity index (χ4v) is 5.09. The molecule has 1 aliphatic heterocycles. The lowest BCUT2D eigenvalue weighted by molar-refractivity contribution is 0.414. The van der Waals surface area contributed by atoms with E-state index in [0.717, 1.165) is 22.4 Å². The van der Waals surface area contributed by atoms with Crippen LogP contribution in [0.3, 0.4) is 0 Å². The maximum absolute atomic E-state index is 13.5. The Bertz CT molecular complexity index is 1120. The van der Waals surface area contributed by atoms with E-state index in [1.54, 1.807) is 19.2 Å². The minimum Gasteiger partial charge on any atom is -0.497 e. The van der Waals surface area contributed by atoms with Gasteiger partial charge in [0.05, 0.1) is 17.7 Å². The number of hydrogen-bond donors (Lipinski definition) is 0. The van der Waals surface area contributed by atoms with Crippen LogP contribution in [0.5, 0.6) is 5.75 Å². The molecule has 0 radical (unpaired) electrons. The summed E-state index contributed by atoms with van der Waals surface area (Å²) >= 11 is 0. The van der Waals surface area contributed by atoms with Crippen molar-refractivity contribution in [2.45, 2.75) is 17.7 Å². The van der Waals surface area contributed by atoms with E-state index in [0.29, 0.717) is 17.1 Å². The molecule has 0 saturated carbocycles. The lowest BCUT2D eigenvalue weighted by atomic mass is 10.00. The van der Waals surface area contributed by atoms with Gasteiger partial charge in [-0.2, -0.15) is 0 Å². The molecule has 0 bridgehead atoms. The van der Waals surface area contributed by atoms with Crippen LogP contribution in [0.15, 0.2) is 89.8 Å². The van der Waals surface area contributed by atoms with Crippen molar-refractivity contribution in [2.24, 2.45) is 0 Å². The van der Waals surface area contributed by atoms with Gasteiger partial charge in [0.1, 0.15) is 5.75 Å². The summed E-state index contributed by atoms with van der Waals surface area (Å²) in [7, 11) is -2.06. The summed E-state index contributed by atoms with van der Waals surface area (Å²) in [6.07, 6.45) is 2.04. The molecule has 1 unspecified atom stereocenters. The van der Waals surface area contributed by atoms with E-state index >= 15 is 0 Å². The molecule has 0 aliphatic carbocycles. The van der Waals surface area contributed by atoms with Gasteiger partial charge in [-0.05, 0) is 54.4 Å². The molecule has 0 N–H and O–H groups in total. The standard InChI is InChI=1S/C24H23NO3S/c1-18-8-14-23(15-9-18)29(26,27)25-17-21(19-6-4-3-5-7-19)16-24(25)20-10-12-22(28-2)13-11-20/h3-16,21H,17H2,1-2H3. The third-order valence-corrected chi connectivity index (χ3v) is 7.01. The highest BCUT2D eigenvalue weighted by Crippen LogP contribution is 2.38. The average molecular weight is 406 g/mol. The van der Waals surface area contributed by atoms with Gasteiger partial charge in [0.15, 0.2) is 0 Å². The average Bonchev–Trinajstić information content (AvgIpc) is 3.21. The maximum atomic E-state index is 13.5. The van der Waals surface area contributed by atoms with Crippen molar-refractivity contribution < 1.29 is 13.2 Å². The number of sulfonamides is 1. The molecule has 148 valence electrons. The molecular formula is C24H23NO3S. The van der Waals surface area contributed by atoms with Crippen molar-refractivity contribution in [3.63, 3.8) is 0 Å². The number of aryl methyl sites for hydroxylation is 1. The number of hydrogen-bond acceptors (Lipinski definition) is 3. The van der Waals surface area contributed by atoms with Gasteiger partial charge < -0.3 is 4.74 Å². The predicted octanol–water partition coefficient (Wildman–Crippen LogP) is 4.83. The van der Waals surface area contributed by atoms with Crippen LogP contribution >= 0.6 is 0 Å². The summed E-state index contributed by atoms with van der Waals surface area (Å²) in [5, 5.41) is 0. The summed E-state index contributed by atoms with van der Waals surface area (Å²) in [4.78, 5) is 0.302. The number of benzene rings is 3. The molecular weight excluding hydrogens is 382 g/mol. The Hall–Kier alpha value is -3.05. The highest BCUT2D eigenvalue weighted by Gasteiger charge is 2.34. The number of methoxy groups -OCH3 is 1. The molecule has 3 aromatic rings. The molecule has 0 spiro atoms. The Morgan fingerprint density at radius 2 is 1.55 bits per heavy atom. The Balaban J connectivity index is 1.78. The van der Waals surface area contributed by atoms with E-state index in [2.05, 4.69) is 0 Å². The first-order chi connectivity index (χ1) is 14.0. The molecule has 3 aromatic carbocycles. The molecule has 4 rings (SSSR count). The number of nitrogens with zero attached hydrogens (tertiary/aromatic N) is 1. The minimum absolute atomic E-state index is 0.00600. The van der Waals surface area contributed by atoms with Gasteiger partial charge in [0.25, 0.3) is 10.0 Å². The van der Waals surface area contributed by atoms with E-state index in [1.807, 2.05) is 79.7 Å². The second-order valence-electron chi connectivity index (χ2n) is 7.15. The van der Waals surface area contributed by atoms with E-state index in [4.69, 9.17) is 4.74 Å². The first-order valence-electron chi connectivity index (χ1n) is 9.49. The molecule has 1 aliphatic rings. The van der Waals surface area contributed by atoms with Gasteiger partial charge in [-0.15, -0.1) is 0 Å². The Morgan fingerprint density at radius 1 is 0.897 bits per heavy atom. The van der Waals surface area contributed by atoms with E-state index < -0.39 is 10.0 Å². The Labute approximate surface area is 172 Å².